The third-order valence-electron chi connectivity index (χ3n) is 2.61. The van der Waals surface area contributed by atoms with E-state index >= 15 is 0 Å². The van der Waals surface area contributed by atoms with Crippen LogP contribution in [-0.2, 0) is 0 Å². The monoisotopic (exact) mass is 198 g/mol. The molecule has 0 spiro atoms. The lowest BCUT2D eigenvalue weighted by Crippen LogP contribution is -2.49. The van der Waals surface area contributed by atoms with Crippen molar-refractivity contribution in [2.75, 3.05) is 6.61 Å². The maximum Gasteiger partial charge on any atom is 0.417 e. The molecule has 2 atom stereocenters. The molecule has 2 unspecified atom stereocenters. The van der Waals surface area contributed by atoms with E-state index in [2.05, 4.69) is 0 Å². The smallest absolute Gasteiger partial charge is 0.396 e. The van der Waals surface area contributed by atoms with E-state index in [-0.39, 0.29) is 19.4 Å². The predicted octanol–water partition coefficient (Wildman–Crippen LogP) is 1.46. The Bertz CT molecular complexity index is 181. The van der Waals surface area contributed by atoms with Crippen molar-refractivity contribution in [2.24, 2.45) is 5.92 Å². The second kappa shape index (κ2) is 3.46. The Morgan fingerprint density at radius 3 is 2.46 bits per heavy atom. The standard InChI is InChI=1S/C8H13F3O2/c9-8(10,11)7(13)3-1-2-6(4-7)5-12/h6,12-13H,1-5H2. The van der Waals surface area contributed by atoms with Crippen molar-refractivity contribution in [1.29, 1.82) is 0 Å². The minimum atomic E-state index is -4.57. The molecule has 13 heavy (non-hydrogen) atoms. The number of aliphatic hydroxyl groups is 2. The first-order chi connectivity index (χ1) is 5.89. The molecule has 0 bridgehead atoms. The van der Waals surface area contributed by atoms with Gasteiger partial charge in [-0.2, -0.15) is 13.2 Å². The van der Waals surface area contributed by atoms with Crippen molar-refractivity contribution >= 4 is 0 Å². The molecule has 2 N–H and O–H groups in total. The van der Waals surface area contributed by atoms with Crippen LogP contribution in [0.2, 0.25) is 0 Å². The SMILES string of the molecule is OCC1CCCC(O)(C(F)(F)F)C1. The van der Waals surface area contributed by atoms with Gasteiger partial charge in [0, 0.05) is 6.61 Å². The Labute approximate surface area is 74.4 Å². The van der Waals surface area contributed by atoms with Crippen LogP contribution < -0.4 is 0 Å². The summed E-state index contributed by atoms with van der Waals surface area (Å²) in [6.45, 7) is -0.279. The maximum atomic E-state index is 12.3. The molecule has 0 aliphatic heterocycles. The second-order valence-corrected chi connectivity index (χ2v) is 3.67. The van der Waals surface area contributed by atoms with E-state index in [4.69, 9.17) is 5.11 Å². The van der Waals surface area contributed by atoms with Crippen molar-refractivity contribution < 1.29 is 23.4 Å². The van der Waals surface area contributed by atoms with E-state index in [0.29, 0.717) is 12.8 Å². The first kappa shape index (κ1) is 10.8. The topological polar surface area (TPSA) is 40.5 Å². The van der Waals surface area contributed by atoms with Crippen molar-refractivity contribution in [3.8, 4) is 0 Å². The van der Waals surface area contributed by atoms with Crippen LogP contribution in [0.4, 0.5) is 13.2 Å². The average molecular weight is 198 g/mol. The van der Waals surface area contributed by atoms with Gasteiger partial charge in [0.05, 0.1) is 0 Å². The highest BCUT2D eigenvalue weighted by atomic mass is 19.4. The second-order valence-electron chi connectivity index (χ2n) is 3.67. The Morgan fingerprint density at radius 2 is 2.00 bits per heavy atom. The summed E-state index contributed by atoms with van der Waals surface area (Å²) in [4.78, 5) is 0. The fourth-order valence-corrected chi connectivity index (χ4v) is 1.78. The van der Waals surface area contributed by atoms with E-state index in [1.165, 1.54) is 0 Å². The van der Waals surface area contributed by atoms with Gasteiger partial charge >= 0.3 is 6.18 Å². The lowest BCUT2D eigenvalue weighted by atomic mass is 9.78. The molecule has 1 rings (SSSR count). The Hall–Kier alpha value is -0.290. The normalized spacial score (nSPS) is 36.2. The third-order valence-corrected chi connectivity index (χ3v) is 2.61. The summed E-state index contributed by atoms with van der Waals surface area (Å²) in [7, 11) is 0. The minimum Gasteiger partial charge on any atom is -0.396 e. The van der Waals surface area contributed by atoms with Gasteiger partial charge in [0.2, 0.25) is 0 Å². The van der Waals surface area contributed by atoms with Crippen LogP contribution in [0.1, 0.15) is 25.7 Å². The molecule has 2 nitrogen and oxygen atoms in total. The van der Waals surface area contributed by atoms with Crippen LogP contribution in [0.25, 0.3) is 0 Å². The Balaban J connectivity index is 2.68. The van der Waals surface area contributed by atoms with Gasteiger partial charge in [0.25, 0.3) is 0 Å². The largest absolute Gasteiger partial charge is 0.417 e. The van der Waals surface area contributed by atoms with Crippen molar-refractivity contribution in [1.82, 2.24) is 0 Å². The number of aliphatic hydroxyl groups excluding tert-OH is 1. The van der Waals surface area contributed by atoms with Crippen LogP contribution in [0.3, 0.4) is 0 Å². The highest BCUT2D eigenvalue weighted by Gasteiger charge is 2.55. The summed E-state index contributed by atoms with van der Waals surface area (Å²) in [5.41, 5.74) is -2.57. The first-order valence-corrected chi connectivity index (χ1v) is 4.29. The Morgan fingerprint density at radius 1 is 1.38 bits per heavy atom. The van der Waals surface area contributed by atoms with Crippen molar-refractivity contribution in [3.05, 3.63) is 0 Å². The van der Waals surface area contributed by atoms with Crippen molar-refractivity contribution in [3.63, 3.8) is 0 Å². The number of rotatable bonds is 1. The first-order valence-electron chi connectivity index (χ1n) is 4.29. The zero-order valence-electron chi connectivity index (χ0n) is 7.14. The molecule has 0 radical (unpaired) electrons. The molecule has 0 heterocycles. The van der Waals surface area contributed by atoms with E-state index < -0.39 is 17.7 Å². The molecule has 1 saturated carbocycles. The summed E-state index contributed by atoms with van der Waals surface area (Å²) in [5, 5.41) is 18.0. The van der Waals surface area contributed by atoms with E-state index in [9.17, 15) is 18.3 Å². The van der Waals surface area contributed by atoms with Crippen LogP contribution >= 0.6 is 0 Å². The van der Waals surface area contributed by atoms with Gasteiger partial charge in [0.1, 0.15) is 0 Å². The van der Waals surface area contributed by atoms with Crippen LogP contribution in [-0.4, -0.2) is 28.6 Å². The van der Waals surface area contributed by atoms with Crippen LogP contribution in [0, 0.1) is 5.92 Å². The minimum absolute atomic E-state index is 0.243. The molecule has 1 fully saturated rings. The summed E-state index contributed by atoms with van der Waals surface area (Å²) in [6, 6.07) is 0. The molecule has 78 valence electrons. The third kappa shape index (κ3) is 2.14. The fraction of sp³-hybridized carbons (Fsp3) is 1.00. The molecule has 0 saturated heterocycles. The quantitative estimate of drug-likeness (QED) is 0.669. The van der Waals surface area contributed by atoms with Gasteiger partial charge in [-0.05, 0) is 31.6 Å². The summed E-state index contributed by atoms with van der Waals surface area (Å²) in [5.74, 6) is -0.416. The number of halogens is 3. The van der Waals surface area contributed by atoms with Crippen molar-refractivity contribution in [2.45, 2.75) is 37.5 Å². The van der Waals surface area contributed by atoms with Crippen LogP contribution in [0.15, 0.2) is 0 Å². The highest BCUT2D eigenvalue weighted by Crippen LogP contribution is 2.43. The van der Waals surface area contributed by atoms with Gasteiger partial charge in [-0.3, -0.25) is 0 Å². The van der Waals surface area contributed by atoms with E-state index in [0.717, 1.165) is 0 Å². The van der Waals surface area contributed by atoms with Gasteiger partial charge in [-0.25, -0.2) is 0 Å². The zero-order chi connectivity index (χ0) is 10.1. The molecule has 1 aliphatic rings. The van der Waals surface area contributed by atoms with Gasteiger partial charge < -0.3 is 10.2 Å². The van der Waals surface area contributed by atoms with E-state index in [1.807, 2.05) is 0 Å². The van der Waals surface area contributed by atoms with Gasteiger partial charge in [-0.1, -0.05) is 0 Å². The number of alkyl halides is 3. The molecular weight excluding hydrogens is 185 g/mol. The van der Waals surface area contributed by atoms with Gasteiger partial charge in [-0.15, -0.1) is 0 Å². The summed E-state index contributed by atoms with van der Waals surface area (Å²) >= 11 is 0. The number of hydrogen-bond donors (Lipinski definition) is 2. The summed E-state index contributed by atoms with van der Waals surface area (Å²) < 4.78 is 36.9. The molecule has 5 heteroatoms. The van der Waals surface area contributed by atoms with Crippen LogP contribution in [0.5, 0.6) is 0 Å². The lowest BCUT2D eigenvalue weighted by molar-refractivity contribution is -0.275. The summed E-state index contributed by atoms with van der Waals surface area (Å²) in [6.07, 6.45) is -4.29. The number of hydrogen-bond acceptors (Lipinski definition) is 2. The Kier molecular flexibility index (Phi) is 2.87. The molecule has 1 aliphatic carbocycles. The predicted molar refractivity (Wildman–Crippen MR) is 40.0 cm³/mol. The van der Waals surface area contributed by atoms with E-state index in [1.54, 1.807) is 0 Å². The molecule has 0 aromatic heterocycles. The molecule has 0 aromatic rings. The maximum absolute atomic E-state index is 12.3. The average Bonchev–Trinajstić information content (AvgIpc) is 2.02. The molecular formula is C8H13F3O2. The lowest BCUT2D eigenvalue weighted by Gasteiger charge is -2.37. The zero-order valence-corrected chi connectivity index (χ0v) is 7.14. The van der Waals surface area contributed by atoms with Gasteiger partial charge in [0.15, 0.2) is 5.60 Å². The molecule has 0 amide bonds. The fourth-order valence-electron chi connectivity index (χ4n) is 1.78. The highest BCUT2D eigenvalue weighted by molar-refractivity contribution is 4.92. The molecule has 0 aromatic carbocycles.